The van der Waals surface area contributed by atoms with Gasteiger partial charge in [-0.15, -0.1) is 16.4 Å². The molecular weight excluding hydrogens is 312 g/mol. The molecule has 1 aliphatic carbocycles. The van der Waals surface area contributed by atoms with E-state index >= 15 is 0 Å². The summed E-state index contributed by atoms with van der Waals surface area (Å²) in [5.74, 6) is -0.625. The molecule has 0 radical (unpaired) electrons. The third kappa shape index (κ3) is 3.72. The Labute approximate surface area is 128 Å². The van der Waals surface area contributed by atoms with E-state index in [4.69, 9.17) is 11.6 Å². The molecule has 0 saturated heterocycles. The van der Waals surface area contributed by atoms with Crippen LogP contribution in [0.1, 0.15) is 12.0 Å². The second-order valence-electron chi connectivity index (χ2n) is 4.73. The summed E-state index contributed by atoms with van der Waals surface area (Å²) >= 11 is 6.14. The summed E-state index contributed by atoms with van der Waals surface area (Å²) in [6.45, 7) is 1.85. The second kappa shape index (κ2) is 6.01. The maximum absolute atomic E-state index is 12.0. The van der Waals surface area contributed by atoms with Gasteiger partial charge in [-0.1, -0.05) is 42.0 Å². The highest BCUT2D eigenvalue weighted by Crippen LogP contribution is 2.25. The van der Waals surface area contributed by atoms with Crippen LogP contribution in [-0.4, -0.2) is 19.2 Å². The van der Waals surface area contributed by atoms with Gasteiger partial charge in [0.1, 0.15) is 4.87 Å². The molecule has 1 aromatic carbocycles. The Bertz CT molecular complexity index is 695. The van der Waals surface area contributed by atoms with Gasteiger partial charge in [0, 0.05) is 0 Å². The number of hydrogen-bond acceptors (Lipinski definition) is 3. The number of benzene rings is 1. The summed E-state index contributed by atoms with van der Waals surface area (Å²) in [5, 5.41) is 0. The number of rotatable bonds is 4. The van der Waals surface area contributed by atoms with Crippen LogP contribution in [-0.2, 0) is 14.8 Å². The lowest BCUT2D eigenvalue weighted by Gasteiger charge is -2.22. The molecule has 2 N–H and O–H groups in total. The van der Waals surface area contributed by atoms with Gasteiger partial charge in [-0.3, -0.25) is 10.2 Å². The molecular formula is C14H15ClN2O3S. The van der Waals surface area contributed by atoms with Gasteiger partial charge < -0.3 is 0 Å². The Kier molecular flexibility index (Phi) is 4.51. The first-order chi connectivity index (χ1) is 9.83. The molecule has 0 heterocycles. The van der Waals surface area contributed by atoms with Gasteiger partial charge in [-0.25, -0.2) is 8.42 Å². The highest BCUT2D eigenvalue weighted by Gasteiger charge is 2.33. The van der Waals surface area contributed by atoms with Crippen molar-refractivity contribution in [1.29, 1.82) is 0 Å². The minimum absolute atomic E-state index is 0.0658. The maximum atomic E-state index is 12.0. The molecule has 2 rings (SSSR count). The van der Waals surface area contributed by atoms with Crippen LogP contribution in [0.15, 0.2) is 53.5 Å². The molecule has 1 unspecified atom stereocenters. The standard InChI is InChI=1S/C14H15ClN2O3S/c1-11-5-7-12(8-6-11)21(19,20)17-16-13(18)14(15)9-3-2-4-10-14/h2-9,17H,10H2,1H3,(H,16,18). The molecule has 112 valence electrons. The van der Waals surface area contributed by atoms with Crippen molar-refractivity contribution in [2.24, 2.45) is 0 Å². The van der Waals surface area contributed by atoms with E-state index in [-0.39, 0.29) is 4.90 Å². The number of carbonyl (C=O) groups excluding carboxylic acids is 1. The van der Waals surface area contributed by atoms with Crippen molar-refractivity contribution in [3.05, 3.63) is 54.1 Å². The van der Waals surface area contributed by atoms with Gasteiger partial charge in [0.2, 0.25) is 0 Å². The Morgan fingerprint density at radius 3 is 2.48 bits per heavy atom. The molecule has 0 fully saturated rings. The van der Waals surface area contributed by atoms with Gasteiger partial charge in [-0.2, -0.15) is 0 Å². The maximum Gasteiger partial charge on any atom is 0.260 e. The zero-order valence-corrected chi connectivity index (χ0v) is 12.9. The third-order valence-electron chi connectivity index (χ3n) is 3.03. The number of halogens is 1. The van der Waals surface area contributed by atoms with E-state index in [1.54, 1.807) is 30.4 Å². The van der Waals surface area contributed by atoms with E-state index < -0.39 is 20.8 Å². The number of aryl methyl sites for hydroxylation is 1. The molecule has 1 amide bonds. The van der Waals surface area contributed by atoms with E-state index in [0.29, 0.717) is 6.42 Å². The van der Waals surface area contributed by atoms with Crippen LogP contribution in [0.5, 0.6) is 0 Å². The smallest absolute Gasteiger partial charge is 0.260 e. The van der Waals surface area contributed by atoms with E-state index in [9.17, 15) is 13.2 Å². The minimum atomic E-state index is -3.82. The Morgan fingerprint density at radius 2 is 1.90 bits per heavy atom. The molecule has 0 saturated carbocycles. The lowest BCUT2D eigenvalue weighted by molar-refractivity contribution is -0.123. The zero-order valence-electron chi connectivity index (χ0n) is 11.3. The van der Waals surface area contributed by atoms with E-state index in [0.717, 1.165) is 5.56 Å². The van der Waals surface area contributed by atoms with Crippen LogP contribution in [0.25, 0.3) is 0 Å². The van der Waals surface area contributed by atoms with Crippen LogP contribution < -0.4 is 10.3 Å². The predicted octanol–water partition coefficient (Wildman–Crippen LogP) is 1.80. The topological polar surface area (TPSA) is 75.3 Å². The molecule has 0 aliphatic heterocycles. The number of hydrazine groups is 1. The molecule has 1 atom stereocenters. The average Bonchev–Trinajstić information content (AvgIpc) is 2.46. The van der Waals surface area contributed by atoms with Crippen LogP contribution in [0.4, 0.5) is 0 Å². The number of amides is 1. The van der Waals surface area contributed by atoms with Crippen LogP contribution in [0, 0.1) is 6.92 Å². The van der Waals surface area contributed by atoms with Crippen molar-refractivity contribution >= 4 is 27.5 Å². The van der Waals surface area contributed by atoms with Gasteiger partial charge >= 0.3 is 0 Å². The van der Waals surface area contributed by atoms with Crippen molar-refractivity contribution in [1.82, 2.24) is 10.3 Å². The second-order valence-corrected chi connectivity index (χ2v) is 7.08. The van der Waals surface area contributed by atoms with E-state index in [2.05, 4.69) is 5.43 Å². The summed E-state index contributed by atoms with van der Waals surface area (Å²) in [6.07, 6.45) is 6.96. The predicted molar refractivity (Wildman–Crippen MR) is 81.1 cm³/mol. The van der Waals surface area contributed by atoms with Crippen molar-refractivity contribution in [3.8, 4) is 0 Å². The van der Waals surface area contributed by atoms with E-state index in [1.165, 1.54) is 18.2 Å². The normalized spacial score (nSPS) is 21.2. The molecule has 5 nitrogen and oxygen atoms in total. The van der Waals surface area contributed by atoms with Crippen molar-refractivity contribution in [3.63, 3.8) is 0 Å². The lowest BCUT2D eigenvalue weighted by Crippen LogP contribution is -2.49. The molecule has 1 aliphatic rings. The summed E-state index contributed by atoms with van der Waals surface area (Å²) in [5.41, 5.74) is 3.09. The van der Waals surface area contributed by atoms with Crippen molar-refractivity contribution in [2.75, 3.05) is 0 Å². The monoisotopic (exact) mass is 326 g/mol. The Hall–Kier alpha value is -1.63. The fourth-order valence-corrected chi connectivity index (χ4v) is 2.80. The largest absolute Gasteiger partial charge is 0.276 e. The minimum Gasteiger partial charge on any atom is -0.276 e. The number of alkyl halides is 1. The van der Waals surface area contributed by atoms with E-state index in [1.807, 2.05) is 11.8 Å². The fourth-order valence-electron chi connectivity index (χ4n) is 1.76. The molecule has 1 aromatic rings. The fraction of sp³-hybridized carbons (Fsp3) is 0.214. The van der Waals surface area contributed by atoms with Gasteiger partial charge in [0.15, 0.2) is 0 Å². The first-order valence-electron chi connectivity index (χ1n) is 6.26. The quantitative estimate of drug-likeness (QED) is 0.654. The summed E-state index contributed by atoms with van der Waals surface area (Å²) in [7, 11) is -3.82. The Morgan fingerprint density at radius 1 is 1.24 bits per heavy atom. The summed E-state index contributed by atoms with van der Waals surface area (Å²) < 4.78 is 24.1. The summed E-state index contributed by atoms with van der Waals surface area (Å²) in [4.78, 5) is 12.8. The molecule has 0 spiro atoms. The highest BCUT2D eigenvalue weighted by atomic mass is 35.5. The number of nitrogens with one attached hydrogen (secondary N) is 2. The summed E-state index contributed by atoms with van der Waals surface area (Å²) in [6, 6.07) is 6.27. The van der Waals surface area contributed by atoms with Crippen LogP contribution >= 0.6 is 11.6 Å². The van der Waals surface area contributed by atoms with Crippen LogP contribution in [0.2, 0.25) is 0 Å². The molecule has 0 bridgehead atoms. The number of hydrogen-bond donors (Lipinski definition) is 2. The van der Waals surface area contributed by atoms with Gasteiger partial charge in [-0.05, 0) is 25.5 Å². The lowest BCUT2D eigenvalue weighted by atomic mass is 9.99. The first-order valence-corrected chi connectivity index (χ1v) is 8.12. The highest BCUT2D eigenvalue weighted by molar-refractivity contribution is 7.89. The van der Waals surface area contributed by atoms with Gasteiger partial charge in [0.25, 0.3) is 15.9 Å². The third-order valence-corrected chi connectivity index (χ3v) is 4.75. The van der Waals surface area contributed by atoms with Crippen molar-refractivity contribution < 1.29 is 13.2 Å². The molecule has 21 heavy (non-hydrogen) atoms. The first kappa shape index (κ1) is 15.8. The average molecular weight is 327 g/mol. The number of allylic oxidation sites excluding steroid dienone is 3. The van der Waals surface area contributed by atoms with Gasteiger partial charge in [0.05, 0.1) is 4.90 Å². The Balaban J connectivity index is 2.05. The molecule has 0 aromatic heterocycles. The zero-order chi connectivity index (χ0) is 15.5. The molecule has 7 heteroatoms. The SMILES string of the molecule is Cc1ccc(S(=O)(=O)NNC(=O)C2(Cl)C=CC=CC2)cc1. The number of carbonyl (C=O) groups is 1. The number of sulfonamides is 1. The van der Waals surface area contributed by atoms with Crippen molar-refractivity contribution in [2.45, 2.75) is 23.1 Å². The van der Waals surface area contributed by atoms with Crippen LogP contribution in [0.3, 0.4) is 0 Å².